The third-order valence-electron chi connectivity index (χ3n) is 2.31. The third kappa shape index (κ3) is 5.81. The Balaban J connectivity index is 2.46. The van der Waals surface area contributed by atoms with E-state index in [4.69, 9.17) is 4.74 Å². The number of esters is 1. The van der Waals surface area contributed by atoms with Gasteiger partial charge < -0.3 is 15.4 Å². The summed E-state index contributed by atoms with van der Waals surface area (Å²) in [7, 11) is 0. The summed E-state index contributed by atoms with van der Waals surface area (Å²) in [6.07, 6.45) is -4.96. The molecule has 0 saturated carbocycles. The van der Waals surface area contributed by atoms with Crippen molar-refractivity contribution >= 4 is 17.8 Å². The Bertz CT molecular complexity index is 573. The van der Waals surface area contributed by atoms with Crippen LogP contribution in [-0.2, 0) is 9.59 Å². The molecule has 2 amide bonds. The van der Waals surface area contributed by atoms with Gasteiger partial charge in [0.1, 0.15) is 5.75 Å². The smallest absolute Gasteiger partial charge is 0.427 e. The molecule has 2 N–H and O–H groups in total. The standard InChI is InChI=1S/C13H13F3N2O4/c1-8(19)22-10-4-2-3-9(7-10)11(20)17-5-6-18-12(21)13(14,15)16/h2-4,7H,5-6H2,1H3,(H,17,20)(H,18,21). The van der Waals surface area contributed by atoms with Gasteiger partial charge in [0.15, 0.2) is 0 Å². The van der Waals surface area contributed by atoms with E-state index in [0.29, 0.717) is 0 Å². The fraction of sp³-hybridized carbons (Fsp3) is 0.308. The Kier molecular flexibility index (Phi) is 5.90. The molecule has 1 aromatic rings. The molecule has 0 aliphatic carbocycles. The largest absolute Gasteiger partial charge is 0.471 e. The van der Waals surface area contributed by atoms with E-state index in [-0.39, 0.29) is 24.4 Å². The molecule has 0 saturated heterocycles. The van der Waals surface area contributed by atoms with Crippen LogP contribution in [0.15, 0.2) is 24.3 Å². The lowest BCUT2D eigenvalue weighted by atomic mass is 10.2. The molecule has 120 valence electrons. The van der Waals surface area contributed by atoms with E-state index in [1.165, 1.54) is 31.2 Å². The zero-order chi connectivity index (χ0) is 16.8. The van der Waals surface area contributed by atoms with Gasteiger partial charge in [-0.15, -0.1) is 0 Å². The normalized spacial score (nSPS) is 10.7. The molecule has 0 radical (unpaired) electrons. The summed E-state index contributed by atoms with van der Waals surface area (Å²) < 4.78 is 40.5. The van der Waals surface area contributed by atoms with Crippen molar-refractivity contribution in [1.82, 2.24) is 10.6 Å². The van der Waals surface area contributed by atoms with E-state index in [1.807, 2.05) is 0 Å². The maximum absolute atomic E-state index is 11.9. The highest BCUT2D eigenvalue weighted by Gasteiger charge is 2.38. The van der Waals surface area contributed by atoms with Crippen LogP contribution in [0.4, 0.5) is 13.2 Å². The molecule has 0 atom stereocenters. The molecular formula is C13H13F3N2O4. The van der Waals surface area contributed by atoms with Crippen molar-refractivity contribution in [3.8, 4) is 5.75 Å². The monoisotopic (exact) mass is 318 g/mol. The number of alkyl halides is 3. The van der Waals surface area contributed by atoms with Gasteiger partial charge in [-0.05, 0) is 18.2 Å². The third-order valence-corrected chi connectivity index (χ3v) is 2.31. The van der Waals surface area contributed by atoms with Gasteiger partial charge >= 0.3 is 18.1 Å². The highest BCUT2D eigenvalue weighted by atomic mass is 19.4. The fourth-order valence-corrected chi connectivity index (χ4v) is 1.42. The minimum Gasteiger partial charge on any atom is -0.427 e. The molecule has 6 nitrogen and oxygen atoms in total. The Morgan fingerprint density at radius 3 is 2.36 bits per heavy atom. The lowest BCUT2D eigenvalue weighted by Gasteiger charge is -2.09. The van der Waals surface area contributed by atoms with Crippen molar-refractivity contribution in [2.24, 2.45) is 0 Å². The maximum Gasteiger partial charge on any atom is 0.471 e. The van der Waals surface area contributed by atoms with Gasteiger partial charge in [-0.1, -0.05) is 6.07 Å². The Labute approximate surface area is 123 Å². The van der Waals surface area contributed by atoms with Crippen LogP contribution in [-0.4, -0.2) is 37.0 Å². The second-order valence-corrected chi connectivity index (χ2v) is 4.13. The number of benzene rings is 1. The van der Waals surface area contributed by atoms with E-state index in [0.717, 1.165) is 0 Å². The average molecular weight is 318 g/mol. The van der Waals surface area contributed by atoms with E-state index in [2.05, 4.69) is 5.32 Å². The Morgan fingerprint density at radius 2 is 1.77 bits per heavy atom. The van der Waals surface area contributed by atoms with Crippen molar-refractivity contribution in [1.29, 1.82) is 0 Å². The van der Waals surface area contributed by atoms with Gasteiger partial charge in [-0.25, -0.2) is 0 Å². The van der Waals surface area contributed by atoms with Crippen molar-refractivity contribution in [3.05, 3.63) is 29.8 Å². The average Bonchev–Trinajstić information content (AvgIpc) is 2.41. The predicted molar refractivity (Wildman–Crippen MR) is 69.1 cm³/mol. The first-order valence-electron chi connectivity index (χ1n) is 6.12. The molecule has 0 bridgehead atoms. The highest BCUT2D eigenvalue weighted by molar-refractivity contribution is 5.94. The number of halogens is 3. The zero-order valence-corrected chi connectivity index (χ0v) is 11.5. The second-order valence-electron chi connectivity index (χ2n) is 4.13. The number of hydrogen-bond donors (Lipinski definition) is 2. The predicted octanol–water partition coefficient (Wildman–Crippen LogP) is 1.02. The van der Waals surface area contributed by atoms with Crippen LogP contribution in [0.25, 0.3) is 0 Å². The first-order chi connectivity index (χ1) is 10.2. The van der Waals surface area contributed by atoms with Gasteiger partial charge in [-0.3, -0.25) is 14.4 Å². The van der Waals surface area contributed by atoms with Crippen molar-refractivity contribution in [2.75, 3.05) is 13.1 Å². The van der Waals surface area contributed by atoms with Crippen LogP contribution in [0.5, 0.6) is 5.75 Å². The van der Waals surface area contributed by atoms with Crippen molar-refractivity contribution < 1.29 is 32.3 Å². The lowest BCUT2D eigenvalue weighted by Crippen LogP contribution is -2.41. The van der Waals surface area contributed by atoms with E-state index in [1.54, 1.807) is 5.32 Å². The molecule has 22 heavy (non-hydrogen) atoms. The van der Waals surface area contributed by atoms with E-state index in [9.17, 15) is 27.6 Å². The minimum absolute atomic E-state index is 0.167. The summed E-state index contributed by atoms with van der Waals surface area (Å²) >= 11 is 0. The number of rotatable bonds is 5. The molecule has 1 aromatic carbocycles. The minimum atomic E-state index is -4.96. The first-order valence-corrected chi connectivity index (χ1v) is 6.12. The number of carbonyl (C=O) groups is 3. The molecule has 0 aliphatic heterocycles. The molecule has 9 heteroatoms. The SMILES string of the molecule is CC(=O)Oc1cccc(C(=O)NCCNC(=O)C(F)(F)F)c1. The van der Waals surface area contributed by atoms with Gasteiger partial charge in [0.05, 0.1) is 0 Å². The zero-order valence-electron chi connectivity index (χ0n) is 11.5. The molecule has 0 unspecified atom stereocenters. The van der Waals surface area contributed by atoms with Gasteiger partial charge in [0, 0.05) is 25.6 Å². The lowest BCUT2D eigenvalue weighted by molar-refractivity contribution is -0.173. The van der Waals surface area contributed by atoms with Gasteiger partial charge in [-0.2, -0.15) is 13.2 Å². The van der Waals surface area contributed by atoms with Crippen LogP contribution in [0.1, 0.15) is 17.3 Å². The van der Waals surface area contributed by atoms with Crippen LogP contribution >= 0.6 is 0 Å². The number of carbonyl (C=O) groups excluding carboxylic acids is 3. The fourth-order valence-electron chi connectivity index (χ4n) is 1.42. The summed E-state index contributed by atoms with van der Waals surface area (Å²) in [5.41, 5.74) is 0.167. The maximum atomic E-state index is 11.9. The molecular weight excluding hydrogens is 305 g/mol. The molecule has 0 aromatic heterocycles. The highest BCUT2D eigenvalue weighted by Crippen LogP contribution is 2.14. The first kappa shape index (κ1) is 17.5. The van der Waals surface area contributed by atoms with Crippen LogP contribution in [0.2, 0.25) is 0 Å². The number of nitrogens with one attached hydrogen (secondary N) is 2. The molecule has 0 spiro atoms. The van der Waals surface area contributed by atoms with Crippen LogP contribution < -0.4 is 15.4 Å². The summed E-state index contributed by atoms with van der Waals surface area (Å²) in [6.45, 7) is 0.655. The quantitative estimate of drug-likeness (QED) is 0.482. The van der Waals surface area contributed by atoms with Crippen LogP contribution in [0, 0.1) is 0 Å². The van der Waals surface area contributed by atoms with Gasteiger partial charge in [0.2, 0.25) is 0 Å². The summed E-state index contributed by atoms with van der Waals surface area (Å²) in [4.78, 5) is 33.1. The van der Waals surface area contributed by atoms with E-state index < -0.39 is 24.0 Å². The number of hydrogen-bond acceptors (Lipinski definition) is 4. The van der Waals surface area contributed by atoms with E-state index >= 15 is 0 Å². The van der Waals surface area contributed by atoms with Crippen molar-refractivity contribution in [3.63, 3.8) is 0 Å². The summed E-state index contributed by atoms with van der Waals surface area (Å²) in [6, 6.07) is 5.71. The van der Waals surface area contributed by atoms with Crippen LogP contribution in [0.3, 0.4) is 0 Å². The Morgan fingerprint density at radius 1 is 1.14 bits per heavy atom. The summed E-state index contributed by atoms with van der Waals surface area (Å²) in [5, 5.41) is 3.94. The van der Waals surface area contributed by atoms with Gasteiger partial charge in [0.25, 0.3) is 5.91 Å². The molecule has 1 rings (SSSR count). The number of amides is 2. The number of ether oxygens (including phenoxy) is 1. The second kappa shape index (κ2) is 7.43. The molecule has 0 heterocycles. The van der Waals surface area contributed by atoms with Crippen molar-refractivity contribution in [2.45, 2.75) is 13.1 Å². The molecule has 0 fully saturated rings. The topological polar surface area (TPSA) is 84.5 Å². The Hall–Kier alpha value is -2.58. The molecule has 0 aliphatic rings. The summed E-state index contributed by atoms with van der Waals surface area (Å²) in [5.74, 6) is -3.02.